The molecule has 98 valence electrons. The second-order valence-corrected chi connectivity index (χ2v) is 5.14. The lowest BCUT2D eigenvalue weighted by molar-refractivity contribution is 0.0425. The molecule has 0 spiro atoms. The molecule has 2 N–H and O–H groups in total. The van der Waals surface area contributed by atoms with Crippen LogP contribution in [0, 0.1) is 11.8 Å². The summed E-state index contributed by atoms with van der Waals surface area (Å²) < 4.78 is 0. The van der Waals surface area contributed by atoms with Crippen molar-refractivity contribution < 1.29 is 10.2 Å². The first kappa shape index (κ1) is 14.7. The van der Waals surface area contributed by atoms with Gasteiger partial charge in [0, 0.05) is 18.7 Å². The molecular weight excluding hydrogens is 226 g/mol. The first-order chi connectivity index (χ1) is 8.40. The Morgan fingerprint density at radius 2 is 1.83 bits per heavy atom. The summed E-state index contributed by atoms with van der Waals surface area (Å²) in [6.07, 6.45) is 0. The molecular formula is C15H21NO2. The second kappa shape index (κ2) is 6.55. The van der Waals surface area contributed by atoms with Crippen molar-refractivity contribution in [2.75, 3.05) is 20.2 Å². The summed E-state index contributed by atoms with van der Waals surface area (Å²) in [5, 5.41) is 18.3. The standard InChI is InChI=1S/C15H21NO2/c1-15(2,18)12-16(3)11-14-8-6-13(7-9-14)5-4-10-17/h6-9,17-18H,10-12H2,1-3H3. The minimum atomic E-state index is -0.679. The average molecular weight is 247 g/mol. The minimum absolute atomic E-state index is 0.115. The van der Waals surface area contributed by atoms with Crippen LogP contribution in [0.1, 0.15) is 25.0 Å². The zero-order chi connectivity index (χ0) is 13.6. The van der Waals surface area contributed by atoms with Crippen molar-refractivity contribution in [1.82, 2.24) is 4.90 Å². The van der Waals surface area contributed by atoms with E-state index in [1.165, 1.54) is 5.56 Å². The summed E-state index contributed by atoms with van der Waals surface area (Å²) in [7, 11) is 1.98. The maximum Gasteiger partial charge on any atom is 0.104 e. The lowest BCUT2D eigenvalue weighted by atomic mass is 10.1. The summed E-state index contributed by atoms with van der Waals surface area (Å²) in [6.45, 7) is 4.90. The monoisotopic (exact) mass is 247 g/mol. The van der Waals surface area contributed by atoms with Gasteiger partial charge in [0.15, 0.2) is 0 Å². The van der Waals surface area contributed by atoms with Crippen LogP contribution in [0.15, 0.2) is 24.3 Å². The fourth-order valence-corrected chi connectivity index (χ4v) is 1.86. The molecule has 0 bridgehead atoms. The van der Waals surface area contributed by atoms with E-state index in [0.29, 0.717) is 6.54 Å². The Morgan fingerprint density at radius 3 is 2.33 bits per heavy atom. The van der Waals surface area contributed by atoms with E-state index in [4.69, 9.17) is 5.11 Å². The molecule has 0 fully saturated rings. The number of hydrogen-bond donors (Lipinski definition) is 2. The topological polar surface area (TPSA) is 43.7 Å². The predicted molar refractivity (Wildman–Crippen MR) is 73.0 cm³/mol. The number of nitrogens with zero attached hydrogens (tertiary/aromatic N) is 1. The normalized spacial score (nSPS) is 11.2. The van der Waals surface area contributed by atoms with Crippen LogP contribution in [0.3, 0.4) is 0 Å². The lowest BCUT2D eigenvalue weighted by Crippen LogP contribution is -2.35. The van der Waals surface area contributed by atoms with Gasteiger partial charge in [-0.05, 0) is 38.6 Å². The van der Waals surface area contributed by atoms with Crippen LogP contribution in [0.5, 0.6) is 0 Å². The summed E-state index contributed by atoms with van der Waals surface area (Å²) in [4.78, 5) is 2.08. The van der Waals surface area contributed by atoms with Crippen molar-refractivity contribution in [3.63, 3.8) is 0 Å². The number of aliphatic hydroxyl groups excluding tert-OH is 1. The number of benzene rings is 1. The van der Waals surface area contributed by atoms with Gasteiger partial charge in [-0.25, -0.2) is 0 Å². The largest absolute Gasteiger partial charge is 0.389 e. The highest BCUT2D eigenvalue weighted by molar-refractivity contribution is 5.36. The summed E-state index contributed by atoms with van der Waals surface area (Å²) in [5.74, 6) is 5.48. The molecule has 0 unspecified atom stereocenters. The highest BCUT2D eigenvalue weighted by Crippen LogP contribution is 2.09. The van der Waals surface area contributed by atoms with Crippen LogP contribution in [-0.2, 0) is 6.54 Å². The molecule has 0 atom stereocenters. The van der Waals surface area contributed by atoms with Crippen LogP contribution in [0.25, 0.3) is 0 Å². The third-order valence-corrected chi connectivity index (χ3v) is 2.38. The van der Waals surface area contributed by atoms with Gasteiger partial charge in [-0.1, -0.05) is 24.0 Å². The quantitative estimate of drug-likeness (QED) is 0.787. The van der Waals surface area contributed by atoms with Gasteiger partial charge >= 0.3 is 0 Å². The van der Waals surface area contributed by atoms with Crippen molar-refractivity contribution >= 4 is 0 Å². The number of rotatable bonds is 4. The molecule has 0 saturated heterocycles. The van der Waals surface area contributed by atoms with Crippen LogP contribution in [0.2, 0.25) is 0 Å². The Bertz CT molecular complexity index is 421. The van der Waals surface area contributed by atoms with Gasteiger partial charge in [-0.15, -0.1) is 0 Å². The Kier molecular flexibility index (Phi) is 5.36. The maximum absolute atomic E-state index is 9.72. The van der Waals surface area contributed by atoms with Crippen LogP contribution < -0.4 is 0 Å². The molecule has 0 aliphatic heterocycles. The molecule has 0 saturated carbocycles. The molecule has 0 amide bonds. The van der Waals surface area contributed by atoms with Gasteiger partial charge < -0.3 is 10.2 Å². The third-order valence-electron chi connectivity index (χ3n) is 2.38. The number of hydrogen-bond acceptors (Lipinski definition) is 3. The van der Waals surface area contributed by atoms with Crippen molar-refractivity contribution in [3.8, 4) is 11.8 Å². The average Bonchev–Trinajstić information content (AvgIpc) is 2.25. The zero-order valence-electron chi connectivity index (χ0n) is 11.3. The fourth-order valence-electron chi connectivity index (χ4n) is 1.86. The van der Waals surface area contributed by atoms with Crippen molar-refractivity contribution in [3.05, 3.63) is 35.4 Å². The second-order valence-electron chi connectivity index (χ2n) is 5.14. The van der Waals surface area contributed by atoms with Crippen LogP contribution >= 0.6 is 0 Å². The van der Waals surface area contributed by atoms with E-state index < -0.39 is 5.60 Å². The van der Waals surface area contributed by atoms with E-state index in [1.807, 2.05) is 31.3 Å². The van der Waals surface area contributed by atoms with Gasteiger partial charge in [0.2, 0.25) is 0 Å². The molecule has 0 radical (unpaired) electrons. The van der Waals surface area contributed by atoms with Gasteiger partial charge in [-0.2, -0.15) is 0 Å². The van der Waals surface area contributed by atoms with E-state index in [9.17, 15) is 5.11 Å². The van der Waals surface area contributed by atoms with Crippen molar-refractivity contribution in [2.24, 2.45) is 0 Å². The number of aliphatic hydroxyl groups is 2. The number of likely N-dealkylation sites (N-methyl/N-ethyl adjacent to an activating group) is 1. The Hall–Kier alpha value is -1.34. The molecule has 0 aliphatic rings. The highest BCUT2D eigenvalue weighted by atomic mass is 16.3. The van der Waals surface area contributed by atoms with E-state index in [-0.39, 0.29) is 6.61 Å². The van der Waals surface area contributed by atoms with Crippen molar-refractivity contribution in [2.45, 2.75) is 26.0 Å². The lowest BCUT2D eigenvalue weighted by Gasteiger charge is -2.25. The van der Waals surface area contributed by atoms with Crippen LogP contribution in [0.4, 0.5) is 0 Å². The fraction of sp³-hybridized carbons (Fsp3) is 0.467. The SMILES string of the molecule is CN(Cc1ccc(C#CCO)cc1)CC(C)(C)O. The van der Waals surface area contributed by atoms with E-state index in [2.05, 4.69) is 16.7 Å². The summed E-state index contributed by atoms with van der Waals surface area (Å²) in [5.41, 5.74) is 1.40. The summed E-state index contributed by atoms with van der Waals surface area (Å²) >= 11 is 0. The molecule has 1 rings (SSSR count). The maximum atomic E-state index is 9.72. The van der Waals surface area contributed by atoms with E-state index >= 15 is 0 Å². The first-order valence-electron chi connectivity index (χ1n) is 6.00. The minimum Gasteiger partial charge on any atom is -0.389 e. The first-order valence-corrected chi connectivity index (χ1v) is 6.00. The van der Waals surface area contributed by atoms with E-state index in [0.717, 1.165) is 12.1 Å². The highest BCUT2D eigenvalue weighted by Gasteiger charge is 2.15. The molecule has 1 aromatic carbocycles. The molecule has 0 aromatic heterocycles. The molecule has 0 heterocycles. The molecule has 3 heteroatoms. The predicted octanol–water partition coefficient (Wildman–Crippen LogP) is 1.23. The third kappa shape index (κ3) is 5.83. The molecule has 0 aliphatic carbocycles. The Labute approximate surface area is 109 Å². The Balaban J connectivity index is 2.58. The van der Waals surface area contributed by atoms with E-state index in [1.54, 1.807) is 13.8 Å². The van der Waals surface area contributed by atoms with Gasteiger partial charge in [0.05, 0.1) is 5.60 Å². The molecule has 18 heavy (non-hydrogen) atoms. The zero-order valence-corrected chi connectivity index (χ0v) is 11.3. The van der Waals surface area contributed by atoms with Gasteiger partial charge in [0.25, 0.3) is 0 Å². The van der Waals surface area contributed by atoms with Gasteiger partial charge in [-0.3, -0.25) is 4.90 Å². The smallest absolute Gasteiger partial charge is 0.104 e. The Morgan fingerprint density at radius 1 is 1.22 bits per heavy atom. The van der Waals surface area contributed by atoms with Crippen LogP contribution in [-0.4, -0.2) is 40.9 Å². The summed E-state index contributed by atoms with van der Waals surface area (Å²) in [6, 6.07) is 7.91. The molecule has 1 aromatic rings. The van der Waals surface area contributed by atoms with Gasteiger partial charge in [0.1, 0.15) is 6.61 Å². The van der Waals surface area contributed by atoms with Crippen molar-refractivity contribution in [1.29, 1.82) is 0 Å². The molecule has 3 nitrogen and oxygen atoms in total.